The van der Waals surface area contributed by atoms with Crippen LogP contribution < -0.4 is 16.4 Å². The van der Waals surface area contributed by atoms with Gasteiger partial charge in [0.15, 0.2) is 0 Å². The third kappa shape index (κ3) is 3.80. The molecule has 1 unspecified atom stereocenters. The lowest BCUT2D eigenvalue weighted by Crippen LogP contribution is -2.31. The summed E-state index contributed by atoms with van der Waals surface area (Å²) in [4.78, 5) is 16.1. The summed E-state index contributed by atoms with van der Waals surface area (Å²) in [5.74, 6) is 0. The van der Waals surface area contributed by atoms with E-state index in [-0.39, 0.29) is 12.1 Å². The van der Waals surface area contributed by atoms with E-state index in [9.17, 15) is 4.79 Å². The number of nitrogens with two attached hydrogens (primary N) is 1. The van der Waals surface area contributed by atoms with Gasteiger partial charge in [-0.3, -0.25) is 4.98 Å². The summed E-state index contributed by atoms with van der Waals surface area (Å²) >= 11 is 0. The first-order valence-corrected chi connectivity index (χ1v) is 6.46. The predicted octanol–water partition coefficient (Wildman–Crippen LogP) is 2.42. The van der Waals surface area contributed by atoms with Crippen LogP contribution in [0.25, 0.3) is 0 Å². The number of benzene rings is 1. The molecule has 0 spiro atoms. The molecular weight excluding hydrogens is 252 g/mol. The van der Waals surface area contributed by atoms with Crippen molar-refractivity contribution < 1.29 is 4.79 Å². The molecule has 0 aliphatic heterocycles. The number of pyridine rings is 1. The van der Waals surface area contributed by atoms with E-state index in [1.54, 1.807) is 6.20 Å². The molecule has 0 saturated carbocycles. The van der Waals surface area contributed by atoms with Gasteiger partial charge in [-0.25, -0.2) is 4.79 Å². The quantitative estimate of drug-likeness (QED) is 0.798. The van der Waals surface area contributed by atoms with Crippen LogP contribution in [0.2, 0.25) is 0 Å². The van der Waals surface area contributed by atoms with Gasteiger partial charge in [0.05, 0.1) is 11.7 Å². The molecule has 2 rings (SSSR count). The Bertz CT molecular complexity index is 554. The van der Waals surface area contributed by atoms with E-state index < -0.39 is 0 Å². The molecule has 1 aromatic heterocycles. The van der Waals surface area contributed by atoms with Crippen LogP contribution in [0, 0.1) is 0 Å². The van der Waals surface area contributed by atoms with Crippen LogP contribution in [-0.4, -0.2) is 11.0 Å². The first-order chi connectivity index (χ1) is 9.69. The maximum absolute atomic E-state index is 11.9. The van der Waals surface area contributed by atoms with Crippen molar-refractivity contribution in [3.8, 4) is 0 Å². The number of rotatable bonds is 4. The molecule has 1 atom stereocenters. The number of aromatic nitrogens is 1. The Hall–Kier alpha value is -2.40. The summed E-state index contributed by atoms with van der Waals surface area (Å²) in [5, 5.41) is 5.61. The molecule has 0 saturated heterocycles. The summed E-state index contributed by atoms with van der Waals surface area (Å²) in [6.07, 6.45) is 1.71. The Morgan fingerprint density at radius 3 is 2.60 bits per heavy atom. The van der Waals surface area contributed by atoms with Gasteiger partial charge >= 0.3 is 6.03 Å². The number of nitrogens with one attached hydrogen (secondary N) is 2. The highest BCUT2D eigenvalue weighted by Crippen LogP contribution is 2.11. The van der Waals surface area contributed by atoms with Crippen LogP contribution >= 0.6 is 0 Å². The third-order valence-corrected chi connectivity index (χ3v) is 2.93. The minimum absolute atomic E-state index is 0.153. The average molecular weight is 270 g/mol. The highest BCUT2D eigenvalue weighted by molar-refractivity contribution is 5.89. The molecule has 0 fully saturated rings. The van der Waals surface area contributed by atoms with Crippen molar-refractivity contribution in [2.24, 2.45) is 5.73 Å². The molecule has 0 aliphatic rings. The highest BCUT2D eigenvalue weighted by Gasteiger charge is 2.10. The molecule has 2 amide bonds. The molecule has 5 nitrogen and oxygen atoms in total. The largest absolute Gasteiger partial charge is 0.330 e. The fourth-order valence-corrected chi connectivity index (χ4v) is 1.79. The lowest BCUT2D eigenvalue weighted by molar-refractivity contribution is 0.249. The zero-order valence-electron chi connectivity index (χ0n) is 11.3. The number of amides is 2. The van der Waals surface area contributed by atoms with Gasteiger partial charge in [-0.2, -0.15) is 0 Å². The maximum Gasteiger partial charge on any atom is 0.319 e. The van der Waals surface area contributed by atoms with Gasteiger partial charge in [0.25, 0.3) is 0 Å². The number of hydrogen-bond donors (Lipinski definition) is 3. The number of carbonyl (C=O) groups excluding carboxylic acids is 1. The van der Waals surface area contributed by atoms with Crippen molar-refractivity contribution in [1.29, 1.82) is 0 Å². The van der Waals surface area contributed by atoms with Crippen LogP contribution in [-0.2, 0) is 6.54 Å². The van der Waals surface area contributed by atoms with Crippen LogP contribution in [0.3, 0.4) is 0 Å². The summed E-state index contributed by atoms with van der Waals surface area (Å²) < 4.78 is 0. The molecule has 1 heterocycles. The van der Waals surface area contributed by atoms with E-state index in [4.69, 9.17) is 5.73 Å². The van der Waals surface area contributed by atoms with Gasteiger partial charge in [-0.05, 0) is 36.8 Å². The SMILES string of the molecule is CC(NC(=O)Nc1ccc(CN)cc1)c1ccccn1. The van der Waals surface area contributed by atoms with E-state index in [1.807, 2.05) is 49.4 Å². The van der Waals surface area contributed by atoms with Gasteiger partial charge in [0.1, 0.15) is 0 Å². The van der Waals surface area contributed by atoms with E-state index >= 15 is 0 Å². The van der Waals surface area contributed by atoms with Gasteiger partial charge in [-0.1, -0.05) is 18.2 Å². The number of hydrogen-bond acceptors (Lipinski definition) is 3. The molecule has 0 aliphatic carbocycles. The molecule has 0 bridgehead atoms. The van der Waals surface area contributed by atoms with E-state index in [1.165, 1.54) is 0 Å². The van der Waals surface area contributed by atoms with Gasteiger partial charge in [0, 0.05) is 18.4 Å². The Morgan fingerprint density at radius 1 is 1.25 bits per heavy atom. The minimum atomic E-state index is -0.261. The smallest absolute Gasteiger partial charge is 0.319 e. The fraction of sp³-hybridized carbons (Fsp3) is 0.200. The molecule has 0 radical (unpaired) electrons. The van der Waals surface area contributed by atoms with Crippen LogP contribution in [0.15, 0.2) is 48.7 Å². The molecule has 1 aromatic carbocycles. The lowest BCUT2D eigenvalue weighted by atomic mass is 10.2. The van der Waals surface area contributed by atoms with E-state index in [0.717, 1.165) is 16.9 Å². The third-order valence-electron chi connectivity index (χ3n) is 2.93. The summed E-state index contributed by atoms with van der Waals surface area (Å²) in [6, 6.07) is 12.6. The Kier molecular flexibility index (Phi) is 4.68. The van der Waals surface area contributed by atoms with E-state index in [0.29, 0.717) is 6.54 Å². The Balaban J connectivity index is 1.91. The summed E-state index contributed by atoms with van der Waals surface area (Å²) in [6.45, 7) is 2.38. The molecule has 2 aromatic rings. The highest BCUT2D eigenvalue weighted by atomic mass is 16.2. The topological polar surface area (TPSA) is 80.0 Å². The fourth-order valence-electron chi connectivity index (χ4n) is 1.79. The van der Waals surface area contributed by atoms with Crippen molar-refractivity contribution >= 4 is 11.7 Å². The molecule has 4 N–H and O–H groups in total. The molecular formula is C15H18N4O. The second kappa shape index (κ2) is 6.68. The van der Waals surface area contributed by atoms with Crippen LogP contribution in [0.1, 0.15) is 24.2 Å². The number of carbonyl (C=O) groups is 1. The van der Waals surface area contributed by atoms with Crippen molar-refractivity contribution in [3.63, 3.8) is 0 Å². The summed E-state index contributed by atoms with van der Waals surface area (Å²) in [7, 11) is 0. The maximum atomic E-state index is 11.9. The first kappa shape index (κ1) is 14.0. The first-order valence-electron chi connectivity index (χ1n) is 6.46. The van der Waals surface area contributed by atoms with Crippen molar-refractivity contribution in [1.82, 2.24) is 10.3 Å². The van der Waals surface area contributed by atoms with E-state index in [2.05, 4.69) is 15.6 Å². The summed E-state index contributed by atoms with van der Waals surface area (Å²) in [5.41, 5.74) is 8.10. The number of urea groups is 1. The minimum Gasteiger partial charge on any atom is -0.330 e. The molecule has 20 heavy (non-hydrogen) atoms. The Labute approximate surface area is 118 Å². The van der Waals surface area contributed by atoms with Crippen molar-refractivity contribution in [2.45, 2.75) is 19.5 Å². The van der Waals surface area contributed by atoms with Crippen molar-refractivity contribution in [3.05, 3.63) is 59.9 Å². The normalized spacial score (nSPS) is 11.7. The van der Waals surface area contributed by atoms with Gasteiger partial charge in [0.2, 0.25) is 0 Å². The van der Waals surface area contributed by atoms with Crippen molar-refractivity contribution in [2.75, 3.05) is 5.32 Å². The number of anilines is 1. The lowest BCUT2D eigenvalue weighted by Gasteiger charge is -2.14. The zero-order chi connectivity index (χ0) is 14.4. The second-order valence-electron chi connectivity index (χ2n) is 4.48. The molecule has 5 heteroatoms. The second-order valence-corrected chi connectivity index (χ2v) is 4.48. The van der Waals surface area contributed by atoms with Crippen LogP contribution in [0.5, 0.6) is 0 Å². The standard InChI is InChI=1S/C15H18N4O/c1-11(14-4-2-3-9-17-14)18-15(20)19-13-7-5-12(10-16)6-8-13/h2-9,11H,10,16H2,1H3,(H2,18,19,20). The van der Waals surface area contributed by atoms with Gasteiger partial charge < -0.3 is 16.4 Å². The molecule has 104 valence electrons. The zero-order valence-corrected chi connectivity index (χ0v) is 11.3. The Morgan fingerprint density at radius 2 is 2.00 bits per heavy atom. The monoisotopic (exact) mass is 270 g/mol. The number of nitrogens with zero attached hydrogens (tertiary/aromatic N) is 1. The average Bonchev–Trinajstić information content (AvgIpc) is 2.49. The van der Waals surface area contributed by atoms with Gasteiger partial charge in [-0.15, -0.1) is 0 Å². The predicted molar refractivity (Wildman–Crippen MR) is 79.1 cm³/mol. The van der Waals surface area contributed by atoms with Crippen LogP contribution in [0.4, 0.5) is 10.5 Å².